The smallest absolute Gasteiger partial charge is 0.0342 e. The summed E-state index contributed by atoms with van der Waals surface area (Å²) in [5.41, 5.74) is 1.26. The van der Waals surface area contributed by atoms with Gasteiger partial charge in [-0.1, -0.05) is 32.0 Å². The molecular formula is C15H24N2. The lowest BCUT2D eigenvalue weighted by molar-refractivity contribution is 0.198. The summed E-state index contributed by atoms with van der Waals surface area (Å²) < 4.78 is 0. The Morgan fingerprint density at radius 2 is 1.82 bits per heavy atom. The number of hydrogen-bond acceptors (Lipinski definition) is 2. The lowest BCUT2D eigenvalue weighted by Crippen LogP contribution is -2.40. The van der Waals surface area contributed by atoms with Gasteiger partial charge in [-0.05, 0) is 30.9 Å². The molecule has 0 amide bonds. The van der Waals surface area contributed by atoms with Crippen molar-refractivity contribution in [3.63, 3.8) is 0 Å². The van der Waals surface area contributed by atoms with Gasteiger partial charge in [-0.15, -0.1) is 0 Å². The first-order chi connectivity index (χ1) is 8.24. The molecule has 0 bridgehead atoms. The number of nitrogens with one attached hydrogen (secondary N) is 1. The van der Waals surface area contributed by atoms with Crippen LogP contribution in [0.15, 0.2) is 30.3 Å². The largest absolute Gasteiger partial charge is 0.382 e. The van der Waals surface area contributed by atoms with E-state index in [1.54, 1.807) is 0 Å². The highest BCUT2D eigenvalue weighted by molar-refractivity contribution is 5.43. The molecule has 1 aliphatic rings. The molecule has 0 aliphatic carbocycles. The summed E-state index contributed by atoms with van der Waals surface area (Å²) in [4.78, 5) is 2.59. The van der Waals surface area contributed by atoms with Gasteiger partial charge in [-0.2, -0.15) is 0 Å². The van der Waals surface area contributed by atoms with Crippen molar-refractivity contribution in [3.05, 3.63) is 30.3 Å². The average Bonchev–Trinajstić information content (AvgIpc) is 2.32. The van der Waals surface area contributed by atoms with Crippen LogP contribution in [0.1, 0.15) is 26.7 Å². The van der Waals surface area contributed by atoms with E-state index in [4.69, 9.17) is 0 Å². The first kappa shape index (κ1) is 12.4. The van der Waals surface area contributed by atoms with Gasteiger partial charge in [-0.3, -0.25) is 0 Å². The summed E-state index contributed by atoms with van der Waals surface area (Å²) in [6.07, 6.45) is 2.53. The molecule has 0 aromatic heterocycles. The van der Waals surface area contributed by atoms with Gasteiger partial charge in [0.15, 0.2) is 0 Å². The fourth-order valence-electron chi connectivity index (χ4n) is 2.55. The van der Waals surface area contributed by atoms with Crippen molar-refractivity contribution in [2.45, 2.75) is 32.7 Å². The lowest BCUT2D eigenvalue weighted by atomic mass is 10.0. The molecule has 1 fully saturated rings. The Morgan fingerprint density at radius 1 is 1.18 bits per heavy atom. The Balaban J connectivity index is 1.76. The van der Waals surface area contributed by atoms with Crippen molar-refractivity contribution >= 4 is 5.69 Å². The van der Waals surface area contributed by atoms with Gasteiger partial charge in [-0.25, -0.2) is 0 Å². The maximum atomic E-state index is 3.63. The van der Waals surface area contributed by atoms with Crippen LogP contribution in [0.5, 0.6) is 0 Å². The molecule has 17 heavy (non-hydrogen) atoms. The zero-order valence-electron chi connectivity index (χ0n) is 11.0. The molecule has 1 saturated heterocycles. The zero-order chi connectivity index (χ0) is 12.1. The molecule has 1 aliphatic heterocycles. The fourth-order valence-corrected chi connectivity index (χ4v) is 2.55. The minimum Gasteiger partial charge on any atom is -0.382 e. The molecule has 1 N–H and O–H groups in total. The standard InChI is InChI=1S/C15H24N2/c1-13(2)12-17-10-8-15(9-11-17)16-14-6-4-3-5-7-14/h3-7,13,15-16H,8-12H2,1-2H3. The number of likely N-dealkylation sites (tertiary alicyclic amines) is 1. The van der Waals surface area contributed by atoms with Gasteiger partial charge in [0, 0.05) is 31.4 Å². The second-order valence-electron chi connectivity index (χ2n) is 5.48. The Bertz CT molecular complexity index is 313. The average molecular weight is 232 g/mol. The number of rotatable bonds is 4. The van der Waals surface area contributed by atoms with Crippen LogP contribution in [-0.4, -0.2) is 30.6 Å². The summed E-state index contributed by atoms with van der Waals surface area (Å²) >= 11 is 0. The van der Waals surface area contributed by atoms with Crippen molar-refractivity contribution < 1.29 is 0 Å². The van der Waals surface area contributed by atoms with Gasteiger partial charge in [0.25, 0.3) is 0 Å². The molecular weight excluding hydrogens is 208 g/mol. The van der Waals surface area contributed by atoms with Crippen molar-refractivity contribution in [2.24, 2.45) is 5.92 Å². The highest BCUT2D eigenvalue weighted by atomic mass is 15.1. The van der Waals surface area contributed by atoms with Crippen LogP contribution in [0.25, 0.3) is 0 Å². The molecule has 94 valence electrons. The maximum Gasteiger partial charge on any atom is 0.0342 e. The summed E-state index contributed by atoms with van der Waals surface area (Å²) in [6.45, 7) is 8.33. The molecule has 0 unspecified atom stereocenters. The van der Waals surface area contributed by atoms with Crippen LogP contribution in [0, 0.1) is 5.92 Å². The highest BCUT2D eigenvalue weighted by Gasteiger charge is 2.19. The normalized spacial score (nSPS) is 18.5. The molecule has 0 atom stereocenters. The Kier molecular flexibility index (Phi) is 4.43. The number of hydrogen-bond donors (Lipinski definition) is 1. The van der Waals surface area contributed by atoms with E-state index in [9.17, 15) is 0 Å². The quantitative estimate of drug-likeness (QED) is 0.857. The molecule has 2 nitrogen and oxygen atoms in total. The summed E-state index contributed by atoms with van der Waals surface area (Å²) in [5.74, 6) is 0.786. The predicted molar refractivity (Wildman–Crippen MR) is 74.4 cm³/mol. The van der Waals surface area contributed by atoms with E-state index in [-0.39, 0.29) is 0 Å². The number of benzene rings is 1. The van der Waals surface area contributed by atoms with Crippen molar-refractivity contribution in [3.8, 4) is 0 Å². The van der Waals surface area contributed by atoms with E-state index in [1.807, 2.05) is 0 Å². The van der Waals surface area contributed by atoms with Crippen LogP contribution < -0.4 is 5.32 Å². The van der Waals surface area contributed by atoms with Crippen molar-refractivity contribution in [2.75, 3.05) is 25.0 Å². The second kappa shape index (κ2) is 6.06. The Labute approximate surface area is 105 Å². The molecule has 0 spiro atoms. The van der Waals surface area contributed by atoms with Gasteiger partial charge in [0.05, 0.1) is 0 Å². The molecule has 1 heterocycles. The first-order valence-electron chi connectivity index (χ1n) is 6.78. The van der Waals surface area contributed by atoms with Crippen LogP contribution in [0.2, 0.25) is 0 Å². The SMILES string of the molecule is CC(C)CN1CCC(Nc2ccccc2)CC1. The van der Waals surface area contributed by atoms with Gasteiger partial charge in [0.2, 0.25) is 0 Å². The maximum absolute atomic E-state index is 3.63. The first-order valence-corrected chi connectivity index (χ1v) is 6.78. The number of piperidine rings is 1. The summed E-state index contributed by atoms with van der Waals surface area (Å²) in [5, 5.41) is 3.63. The molecule has 1 aromatic carbocycles. The van der Waals surface area contributed by atoms with Crippen LogP contribution in [-0.2, 0) is 0 Å². The minimum absolute atomic E-state index is 0.654. The third-order valence-corrected chi connectivity index (χ3v) is 3.36. The number of anilines is 1. The van der Waals surface area contributed by atoms with E-state index in [0.717, 1.165) is 5.92 Å². The zero-order valence-corrected chi connectivity index (χ0v) is 11.0. The van der Waals surface area contributed by atoms with Crippen molar-refractivity contribution in [1.82, 2.24) is 4.90 Å². The Hall–Kier alpha value is -1.02. The molecule has 2 rings (SSSR count). The minimum atomic E-state index is 0.654. The summed E-state index contributed by atoms with van der Waals surface area (Å²) in [7, 11) is 0. The van der Waals surface area contributed by atoms with E-state index in [1.165, 1.54) is 38.2 Å². The van der Waals surface area contributed by atoms with E-state index >= 15 is 0 Å². The van der Waals surface area contributed by atoms with E-state index in [2.05, 4.69) is 54.4 Å². The molecule has 1 aromatic rings. The fraction of sp³-hybridized carbons (Fsp3) is 0.600. The van der Waals surface area contributed by atoms with Crippen LogP contribution >= 0.6 is 0 Å². The highest BCUT2D eigenvalue weighted by Crippen LogP contribution is 2.16. The molecule has 0 saturated carbocycles. The van der Waals surface area contributed by atoms with E-state index < -0.39 is 0 Å². The third kappa shape index (κ3) is 4.04. The number of nitrogens with zero attached hydrogens (tertiary/aromatic N) is 1. The van der Waals surface area contributed by atoms with E-state index in [0.29, 0.717) is 6.04 Å². The monoisotopic (exact) mass is 232 g/mol. The molecule has 2 heteroatoms. The van der Waals surface area contributed by atoms with Crippen LogP contribution in [0.4, 0.5) is 5.69 Å². The Morgan fingerprint density at radius 3 is 2.41 bits per heavy atom. The predicted octanol–water partition coefficient (Wildman–Crippen LogP) is 3.22. The summed E-state index contributed by atoms with van der Waals surface area (Å²) in [6, 6.07) is 11.2. The van der Waals surface area contributed by atoms with Gasteiger partial charge in [0.1, 0.15) is 0 Å². The van der Waals surface area contributed by atoms with Crippen molar-refractivity contribution in [1.29, 1.82) is 0 Å². The van der Waals surface area contributed by atoms with Crippen LogP contribution in [0.3, 0.4) is 0 Å². The second-order valence-corrected chi connectivity index (χ2v) is 5.48. The van der Waals surface area contributed by atoms with Gasteiger partial charge >= 0.3 is 0 Å². The number of para-hydroxylation sites is 1. The lowest BCUT2D eigenvalue weighted by Gasteiger charge is -2.33. The topological polar surface area (TPSA) is 15.3 Å². The molecule has 0 radical (unpaired) electrons. The third-order valence-electron chi connectivity index (χ3n) is 3.36. The van der Waals surface area contributed by atoms with Gasteiger partial charge < -0.3 is 10.2 Å².